The molecule has 0 aliphatic carbocycles. The molecule has 0 saturated carbocycles. The van der Waals surface area contributed by atoms with Crippen LogP contribution in [-0.4, -0.2) is 30.9 Å². The summed E-state index contributed by atoms with van der Waals surface area (Å²) in [4.78, 5) is 19.1. The highest BCUT2D eigenvalue weighted by Gasteiger charge is 2.21. The first-order valence-electron chi connectivity index (χ1n) is 9.39. The second-order valence-corrected chi connectivity index (χ2v) is 8.85. The maximum absolute atomic E-state index is 12.6. The topological polar surface area (TPSA) is 79.4 Å². The van der Waals surface area contributed by atoms with Crippen LogP contribution in [-0.2, 0) is 29.3 Å². The molecule has 0 spiro atoms. The number of nitrogens with one attached hydrogen (secondary N) is 1. The third kappa shape index (κ3) is 4.14. The van der Waals surface area contributed by atoms with Crippen LogP contribution in [0.4, 0.5) is 4.79 Å². The van der Waals surface area contributed by atoms with E-state index in [0.29, 0.717) is 19.6 Å². The zero-order chi connectivity index (χ0) is 20.3. The van der Waals surface area contributed by atoms with E-state index in [2.05, 4.69) is 10.3 Å². The smallest absolute Gasteiger partial charge is 0.317 e. The van der Waals surface area contributed by atoms with Crippen molar-refractivity contribution >= 4 is 15.9 Å². The molecular formula is C22H21N3O3S. The molecule has 0 unspecified atom stereocenters. The van der Waals surface area contributed by atoms with Gasteiger partial charge in [-0.2, -0.15) is 0 Å². The second-order valence-electron chi connectivity index (χ2n) is 6.90. The summed E-state index contributed by atoms with van der Waals surface area (Å²) in [6.45, 7) is 1.51. The lowest BCUT2D eigenvalue weighted by Crippen LogP contribution is -2.42. The Hall–Kier alpha value is -3.19. The fraction of sp³-hybridized carbons (Fsp3) is 0.182. The number of fused-ring (bicyclic) bond motifs is 1. The maximum Gasteiger partial charge on any atom is 0.317 e. The Morgan fingerprint density at radius 3 is 2.45 bits per heavy atom. The van der Waals surface area contributed by atoms with Crippen LogP contribution in [0.25, 0.3) is 0 Å². The van der Waals surface area contributed by atoms with Gasteiger partial charge in [0.2, 0.25) is 9.84 Å². The van der Waals surface area contributed by atoms with Crippen LogP contribution in [0.15, 0.2) is 82.7 Å². The molecule has 0 radical (unpaired) electrons. The molecule has 7 heteroatoms. The minimum atomic E-state index is -3.53. The molecule has 148 valence electrons. The summed E-state index contributed by atoms with van der Waals surface area (Å²) in [6.07, 6.45) is 2.52. The van der Waals surface area contributed by atoms with Gasteiger partial charge in [0, 0.05) is 37.9 Å². The van der Waals surface area contributed by atoms with E-state index >= 15 is 0 Å². The molecule has 1 aromatic heterocycles. The standard InChI is InChI=1S/C22H21N3O3S/c26-22(25-14-12-21-18(16-25)5-4-13-23-21)24-15-17-8-10-20(11-9-17)29(27,28)19-6-2-1-3-7-19/h1-11,13H,12,14-16H2,(H,24,26). The number of carbonyl (C=O) groups excluding carboxylic acids is 1. The number of carbonyl (C=O) groups is 1. The van der Waals surface area contributed by atoms with E-state index in [4.69, 9.17) is 0 Å². The summed E-state index contributed by atoms with van der Waals surface area (Å²) in [5.74, 6) is 0. The lowest BCUT2D eigenvalue weighted by atomic mass is 10.1. The molecule has 1 aliphatic rings. The Kier molecular flexibility index (Phi) is 5.31. The molecule has 2 heterocycles. The summed E-state index contributed by atoms with van der Waals surface area (Å²) in [5.41, 5.74) is 2.96. The van der Waals surface area contributed by atoms with Gasteiger partial charge in [-0.15, -0.1) is 0 Å². The van der Waals surface area contributed by atoms with Gasteiger partial charge in [0.05, 0.1) is 9.79 Å². The highest BCUT2D eigenvalue weighted by atomic mass is 32.2. The zero-order valence-corrected chi connectivity index (χ0v) is 16.6. The Labute approximate surface area is 170 Å². The van der Waals surface area contributed by atoms with Crippen molar-refractivity contribution < 1.29 is 13.2 Å². The van der Waals surface area contributed by atoms with Gasteiger partial charge >= 0.3 is 6.03 Å². The summed E-state index contributed by atoms with van der Waals surface area (Å²) in [5, 5.41) is 2.91. The highest BCUT2D eigenvalue weighted by Crippen LogP contribution is 2.21. The molecule has 0 bridgehead atoms. The van der Waals surface area contributed by atoms with Crippen molar-refractivity contribution in [3.05, 3.63) is 89.7 Å². The average Bonchev–Trinajstić information content (AvgIpc) is 2.78. The van der Waals surface area contributed by atoms with Crippen molar-refractivity contribution in [3.8, 4) is 0 Å². The number of nitrogens with zero attached hydrogens (tertiary/aromatic N) is 2. The molecule has 2 amide bonds. The molecule has 0 saturated heterocycles. The summed E-state index contributed by atoms with van der Waals surface area (Å²) < 4.78 is 25.3. The quantitative estimate of drug-likeness (QED) is 0.720. The average molecular weight is 407 g/mol. The van der Waals surface area contributed by atoms with Gasteiger partial charge in [-0.3, -0.25) is 4.98 Å². The zero-order valence-electron chi connectivity index (χ0n) is 15.8. The minimum Gasteiger partial charge on any atom is -0.334 e. The Morgan fingerprint density at radius 1 is 0.966 bits per heavy atom. The predicted molar refractivity (Wildman–Crippen MR) is 109 cm³/mol. The fourth-order valence-electron chi connectivity index (χ4n) is 3.35. The van der Waals surface area contributed by atoms with Gasteiger partial charge in [-0.1, -0.05) is 36.4 Å². The van der Waals surface area contributed by atoms with Crippen molar-refractivity contribution in [2.24, 2.45) is 0 Å². The molecule has 3 aromatic rings. The molecular weight excluding hydrogens is 386 g/mol. The molecule has 6 nitrogen and oxygen atoms in total. The minimum absolute atomic E-state index is 0.138. The molecule has 4 rings (SSSR count). The normalized spacial score (nSPS) is 13.6. The third-order valence-corrected chi connectivity index (χ3v) is 6.77. The predicted octanol–water partition coefficient (Wildman–Crippen LogP) is 3.18. The van der Waals surface area contributed by atoms with Crippen molar-refractivity contribution in [2.45, 2.75) is 29.3 Å². The number of hydrogen-bond acceptors (Lipinski definition) is 4. The number of benzene rings is 2. The maximum atomic E-state index is 12.6. The van der Waals surface area contributed by atoms with Crippen LogP contribution in [0.2, 0.25) is 0 Å². The largest absolute Gasteiger partial charge is 0.334 e. The molecule has 0 fully saturated rings. The van der Waals surface area contributed by atoms with Gasteiger partial charge in [0.15, 0.2) is 0 Å². The van der Waals surface area contributed by atoms with E-state index in [1.807, 2.05) is 12.1 Å². The molecule has 1 aliphatic heterocycles. The first kappa shape index (κ1) is 19.1. The van der Waals surface area contributed by atoms with Crippen LogP contribution in [0.5, 0.6) is 0 Å². The van der Waals surface area contributed by atoms with Crippen LogP contribution in [0.1, 0.15) is 16.8 Å². The monoisotopic (exact) mass is 407 g/mol. The Balaban J connectivity index is 1.38. The van der Waals surface area contributed by atoms with Gasteiger partial charge in [0.1, 0.15) is 0 Å². The molecule has 1 N–H and O–H groups in total. The van der Waals surface area contributed by atoms with Crippen molar-refractivity contribution in [2.75, 3.05) is 6.54 Å². The van der Waals surface area contributed by atoms with Crippen LogP contribution in [0.3, 0.4) is 0 Å². The third-order valence-electron chi connectivity index (χ3n) is 4.98. The number of rotatable bonds is 4. The van der Waals surface area contributed by atoms with Gasteiger partial charge < -0.3 is 10.2 Å². The lowest BCUT2D eigenvalue weighted by Gasteiger charge is -2.28. The van der Waals surface area contributed by atoms with E-state index in [0.717, 1.165) is 23.2 Å². The Morgan fingerprint density at radius 2 is 1.69 bits per heavy atom. The van der Waals surface area contributed by atoms with E-state index < -0.39 is 9.84 Å². The van der Waals surface area contributed by atoms with Crippen LogP contribution >= 0.6 is 0 Å². The molecule has 2 aromatic carbocycles. The van der Waals surface area contributed by atoms with E-state index in [9.17, 15) is 13.2 Å². The summed E-state index contributed by atoms with van der Waals surface area (Å²) in [7, 11) is -3.53. The number of pyridine rings is 1. The second kappa shape index (κ2) is 8.05. The molecule has 0 atom stereocenters. The van der Waals surface area contributed by atoms with Gasteiger partial charge in [-0.05, 0) is 41.5 Å². The van der Waals surface area contributed by atoms with E-state index in [1.165, 1.54) is 0 Å². The van der Waals surface area contributed by atoms with Gasteiger partial charge in [0.25, 0.3) is 0 Å². The van der Waals surface area contributed by atoms with Crippen molar-refractivity contribution in [1.82, 2.24) is 15.2 Å². The van der Waals surface area contributed by atoms with E-state index in [-0.39, 0.29) is 15.8 Å². The van der Waals surface area contributed by atoms with Crippen LogP contribution in [0, 0.1) is 0 Å². The van der Waals surface area contributed by atoms with E-state index in [1.54, 1.807) is 65.7 Å². The van der Waals surface area contributed by atoms with Crippen molar-refractivity contribution in [3.63, 3.8) is 0 Å². The number of sulfone groups is 1. The van der Waals surface area contributed by atoms with Gasteiger partial charge in [-0.25, -0.2) is 13.2 Å². The molecule has 29 heavy (non-hydrogen) atoms. The van der Waals surface area contributed by atoms with Crippen LogP contribution < -0.4 is 5.32 Å². The summed E-state index contributed by atoms with van der Waals surface area (Å²) >= 11 is 0. The lowest BCUT2D eigenvalue weighted by molar-refractivity contribution is 0.191. The number of aromatic nitrogens is 1. The van der Waals surface area contributed by atoms with Crippen molar-refractivity contribution in [1.29, 1.82) is 0 Å². The fourth-order valence-corrected chi connectivity index (χ4v) is 4.63. The SMILES string of the molecule is O=C(NCc1ccc(S(=O)(=O)c2ccccc2)cc1)N1CCc2ncccc2C1. The summed E-state index contributed by atoms with van der Waals surface area (Å²) in [6, 6.07) is 18.7. The first-order valence-corrected chi connectivity index (χ1v) is 10.9. The first-order chi connectivity index (χ1) is 14.0. The Bertz CT molecular complexity index is 1110. The number of amides is 2. The number of hydrogen-bond donors (Lipinski definition) is 1. The number of urea groups is 1. The highest BCUT2D eigenvalue weighted by molar-refractivity contribution is 7.91.